The molecule has 0 aliphatic heterocycles. The molecule has 2 N–H and O–H groups in total. The van der Waals surface area contributed by atoms with Crippen molar-refractivity contribution in [2.45, 2.75) is 0 Å². The van der Waals surface area contributed by atoms with Crippen molar-refractivity contribution in [2.75, 3.05) is 7.11 Å². The lowest BCUT2D eigenvalue weighted by molar-refractivity contribution is -0.135. The molecule has 5 nitrogen and oxygen atoms in total. The molecule has 0 bridgehead atoms. The highest BCUT2D eigenvalue weighted by atomic mass is 16.5. The number of hydrogen-bond acceptors (Lipinski definition) is 4. The Labute approximate surface area is 91.6 Å². The minimum atomic E-state index is -1.55. The molecular weight excluding hydrogens is 212 g/mol. The number of carboxylic acids is 1. The van der Waals surface area contributed by atoms with E-state index >= 15 is 0 Å². The van der Waals surface area contributed by atoms with Crippen molar-refractivity contribution < 1.29 is 24.5 Å². The van der Waals surface area contributed by atoms with Crippen molar-refractivity contribution in [1.29, 1.82) is 0 Å². The van der Waals surface area contributed by atoms with Crippen LogP contribution in [0.5, 0.6) is 5.75 Å². The average Bonchev–Trinajstić information content (AvgIpc) is 2.28. The second kappa shape index (κ2) is 4.97. The van der Waals surface area contributed by atoms with E-state index in [2.05, 4.69) is 0 Å². The Hall–Kier alpha value is -2.30. The number of carboxylic acid groups (broad SMARTS) is 1. The van der Waals surface area contributed by atoms with Gasteiger partial charge in [0.15, 0.2) is 5.78 Å². The topological polar surface area (TPSA) is 83.8 Å². The van der Waals surface area contributed by atoms with E-state index in [9.17, 15) is 9.59 Å². The van der Waals surface area contributed by atoms with E-state index in [0.29, 0.717) is 11.8 Å². The molecule has 0 atom stereocenters. The number of ether oxygens (including phenoxy) is 1. The molecule has 1 aromatic carbocycles. The summed E-state index contributed by atoms with van der Waals surface area (Å²) in [5, 5.41) is 17.3. The Morgan fingerprint density at radius 2 is 1.88 bits per heavy atom. The molecule has 84 valence electrons. The lowest BCUT2D eigenvalue weighted by Crippen LogP contribution is -2.05. The number of aliphatic carboxylic acids is 1. The van der Waals surface area contributed by atoms with Gasteiger partial charge >= 0.3 is 5.97 Å². The number of aliphatic hydroxyl groups is 1. The summed E-state index contributed by atoms with van der Waals surface area (Å²) >= 11 is 0. The Bertz CT molecular complexity index is 447. The summed E-state index contributed by atoms with van der Waals surface area (Å²) in [6, 6.07) is 6.34. The molecule has 16 heavy (non-hydrogen) atoms. The van der Waals surface area contributed by atoms with Crippen LogP contribution in [-0.4, -0.2) is 29.1 Å². The second-order valence-electron chi connectivity index (χ2n) is 2.90. The maximum atomic E-state index is 11.6. The minimum Gasteiger partial charge on any atom is -0.502 e. The number of rotatable bonds is 4. The number of benzene rings is 1. The number of methoxy groups -OCH3 is 1. The summed E-state index contributed by atoms with van der Waals surface area (Å²) in [4.78, 5) is 21.9. The number of ketones is 1. The van der Waals surface area contributed by atoms with Gasteiger partial charge in [0.05, 0.1) is 12.7 Å². The van der Waals surface area contributed by atoms with Crippen molar-refractivity contribution in [3.63, 3.8) is 0 Å². The summed E-state index contributed by atoms with van der Waals surface area (Å²) in [6.07, 6.45) is 0.639. The number of aliphatic hydroxyl groups excluding tert-OH is 1. The molecule has 0 spiro atoms. The lowest BCUT2D eigenvalue weighted by Gasteiger charge is -2.04. The fourth-order valence-electron chi connectivity index (χ4n) is 1.11. The van der Waals surface area contributed by atoms with Gasteiger partial charge in [0.25, 0.3) is 0 Å². The van der Waals surface area contributed by atoms with Crippen molar-refractivity contribution in [1.82, 2.24) is 0 Å². The zero-order valence-corrected chi connectivity index (χ0v) is 8.51. The number of carbonyl (C=O) groups excluding carboxylic acids is 1. The van der Waals surface area contributed by atoms with Gasteiger partial charge in [-0.1, -0.05) is 12.1 Å². The van der Waals surface area contributed by atoms with E-state index in [-0.39, 0.29) is 5.56 Å². The predicted octanol–water partition coefficient (Wildman–Crippen LogP) is 1.40. The number of carbonyl (C=O) groups is 2. The summed E-state index contributed by atoms with van der Waals surface area (Å²) < 4.78 is 4.93. The Morgan fingerprint density at radius 3 is 2.44 bits per heavy atom. The van der Waals surface area contributed by atoms with E-state index < -0.39 is 17.5 Å². The van der Waals surface area contributed by atoms with Crippen LogP contribution in [0.1, 0.15) is 10.4 Å². The fourth-order valence-corrected chi connectivity index (χ4v) is 1.11. The van der Waals surface area contributed by atoms with Crippen LogP contribution < -0.4 is 4.74 Å². The van der Waals surface area contributed by atoms with E-state index in [1.807, 2.05) is 0 Å². The van der Waals surface area contributed by atoms with Crippen LogP contribution in [0, 0.1) is 0 Å². The lowest BCUT2D eigenvalue weighted by atomic mass is 10.1. The van der Waals surface area contributed by atoms with E-state index in [1.165, 1.54) is 13.2 Å². The molecule has 0 amide bonds. The normalized spacial score (nSPS) is 10.9. The Morgan fingerprint density at radius 1 is 1.25 bits per heavy atom. The first-order valence-electron chi connectivity index (χ1n) is 4.37. The molecule has 0 saturated heterocycles. The van der Waals surface area contributed by atoms with Crippen LogP contribution in [0.2, 0.25) is 0 Å². The third kappa shape index (κ3) is 2.60. The summed E-state index contributed by atoms with van der Waals surface area (Å²) in [5.74, 6) is -2.86. The molecule has 0 saturated carbocycles. The predicted molar refractivity (Wildman–Crippen MR) is 55.7 cm³/mol. The monoisotopic (exact) mass is 222 g/mol. The average molecular weight is 222 g/mol. The van der Waals surface area contributed by atoms with Gasteiger partial charge in [-0.3, -0.25) is 4.79 Å². The third-order valence-corrected chi connectivity index (χ3v) is 1.86. The molecule has 0 heterocycles. The van der Waals surface area contributed by atoms with Gasteiger partial charge in [0, 0.05) is 6.08 Å². The van der Waals surface area contributed by atoms with Gasteiger partial charge in [0.1, 0.15) is 5.75 Å². The van der Waals surface area contributed by atoms with Crippen LogP contribution in [0.25, 0.3) is 0 Å². The maximum absolute atomic E-state index is 11.6. The highest BCUT2D eigenvalue weighted by Gasteiger charge is 2.12. The Kier molecular flexibility index (Phi) is 3.66. The molecule has 5 heteroatoms. The van der Waals surface area contributed by atoms with Gasteiger partial charge < -0.3 is 14.9 Å². The van der Waals surface area contributed by atoms with Crippen molar-refractivity contribution >= 4 is 11.8 Å². The van der Waals surface area contributed by atoms with Crippen LogP contribution in [-0.2, 0) is 4.79 Å². The number of allylic oxidation sites excluding steroid dienone is 1. The van der Waals surface area contributed by atoms with Gasteiger partial charge in [0.2, 0.25) is 5.76 Å². The van der Waals surface area contributed by atoms with Crippen molar-refractivity contribution in [2.24, 2.45) is 0 Å². The second-order valence-corrected chi connectivity index (χ2v) is 2.90. The largest absolute Gasteiger partial charge is 0.502 e. The molecule has 0 aliphatic rings. The first-order chi connectivity index (χ1) is 7.56. The SMILES string of the molecule is COc1ccccc1C(=O)/C=C(\O)C(=O)O. The summed E-state index contributed by atoms with van der Waals surface area (Å²) in [6.45, 7) is 0. The fraction of sp³-hybridized carbons (Fsp3) is 0.0909. The molecule has 0 aliphatic carbocycles. The van der Waals surface area contributed by atoms with E-state index in [4.69, 9.17) is 14.9 Å². The third-order valence-electron chi connectivity index (χ3n) is 1.86. The first kappa shape index (κ1) is 11.8. The quantitative estimate of drug-likeness (QED) is 0.457. The standard InChI is InChI=1S/C11H10O5/c1-16-10-5-3-2-4-7(10)8(12)6-9(13)11(14)15/h2-6,13H,1H3,(H,14,15)/b9-6-. The van der Waals surface area contributed by atoms with Crippen LogP contribution >= 0.6 is 0 Å². The molecule has 0 aromatic heterocycles. The van der Waals surface area contributed by atoms with Crippen LogP contribution in [0.4, 0.5) is 0 Å². The van der Waals surface area contributed by atoms with Crippen LogP contribution in [0.15, 0.2) is 36.1 Å². The zero-order valence-electron chi connectivity index (χ0n) is 8.51. The van der Waals surface area contributed by atoms with E-state index in [0.717, 1.165) is 0 Å². The van der Waals surface area contributed by atoms with Crippen LogP contribution in [0.3, 0.4) is 0 Å². The molecule has 0 radical (unpaired) electrons. The Balaban J connectivity index is 3.06. The minimum absolute atomic E-state index is 0.192. The van der Waals surface area contributed by atoms with Gasteiger partial charge in [-0.25, -0.2) is 4.79 Å². The first-order valence-corrected chi connectivity index (χ1v) is 4.37. The molecule has 1 rings (SSSR count). The van der Waals surface area contributed by atoms with E-state index in [1.54, 1.807) is 18.2 Å². The highest BCUT2D eigenvalue weighted by Crippen LogP contribution is 2.18. The maximum Gasteiger partial charge on any atom is 0.371 e. The molecule has 0 fully saturated rings. The summed E-state index contributed by atoms with van der Waals surface area (Å²) in [7, 11) is 1.40. The van der Waals surface area contributed by atoms with Gasteiger partial charge in [-0.2, -0.15) is 0 Å². The molecule has 1 aromatic rings. The molecular formula is C11H10O5. The smallest absolute Gasteiger partial charge is 0.371 e. The van der Waals surface area contributed by atoms with Gasteiger partial charge in [-0.15, -0.1) is 0 Å². The number of para-hydroxylation sites is 1. The summed E-state index contributed by atoms with van der Waals surface area (Å²) in [5.41, 5.74) is 0.192. The highest BCUT2D eigenvalue weighted by molar-refractivity contribution is 6.09. The van der Waals surface area contributed by atoms with Gasteiger partial charge in [-0.05, 0) is 12.1 Å². The zero-order chi connectivity index (χ0) is 12.1. The molecule has 0 unspecified atom stereocenters. The number of hydrogen-bond donors (Lipinski definition) is 2. The van der Waals surface area contributed by atoms with Crippen molar-refractivity contribution in [3.05, 3.63) is 41.7 Å². The van der Waals surface area contributed by atoms with Crippen molar-refractivity contribution in [3.8, 4) is 5.75 Å².